The molecule has 2 N–H and O–H groups in total. The number of aliphatic hydroxyl groups is 1. The SMILES string of the molecule is Cc1c(CN2CC[C@@H](N3CCN(c4ccccn4)CC3)[C@H](O)C2)[nH]c2ccc(F)cc12. The highest BCUT2D eigenvalue weighted by Gasteiger charge is 2.34. The van der Waals surface area contributed by atoms with Crippen molar-refractivity contribution < 1.29 is 9.50 Å². The summed E-state index contributed by atoms with van der Waals surface area (Å²) < 4.78 is 13.6. The second-order valence-electron chi connectivity index (χ2n) is 8.79. The van der Waals surface area contributed by atoms with E-state index < -0.39 is 0 Å². The summed E-state index contributed by atoms with van der Waals surface area (Å²) in [6, 6.07) is 11.1. The van der Waals surface area contributed by atoms with Gasteiger partial charge in [-0.05, 0) is 49.2 Å². The van der Waals surface area contributed by atoms with E-state index >= 15 is 0 Å². The number of nitrogens with one attached hydrogen (secondary N) is 1. The number of aryl methyl sites for hydroxylation is 1. The Morgan fingerprint density at radius 2 is 1.97 bits per heavy atom. The molecule has 2 atom stereocenters. The first-order valence-electron chi connectivity index (χ1n) is 11.2. The third-order valence-electron chi connectivity index (χ3n) is 6.89. The van der Waals surface area contributed by atoms with Crippen molar-refractivity contribution in [3.05, 3.63) is 59.7 Å². The van der Waals surface area contributed by atoms with Gasteiger partial charge in [-0.25, -0.2) is 9.37 Å². The molecule has 0 saturated carbocycles. The van der Waals surface area contributed by atoms with Gasteiger partial charge in [0.1, 0.15) is 11.6 Å². The number of halogens is 1. The first kappa shape index (κ1) is 20.4. The maximum absolute atomic E-state index is 13.6. The molecule has 3 aromatic rings. The standard InChI is InChI=1S/C24H30FN5O/c1-17-19-14-18(25)5-6-20(19)27-21(17)15-28-9-7-22(23(31)16-28)29-10-12-30(13-11-29)24-4-2-3-8-26-24/h2-6,8,14,22-23,27,31H,7,9-13,15-16H2,1H3/t22-,23-/m1/s1. The van der Waals surface area contributed by atoms with Crippen molar-refractivity contribution in [3.8, 4) is 0 Å². The van der Waals surface area contributed by atoms with E-state index in [1.807, 2.05) is 25.3 Å². The maximum atomic E-state index is 13.6. The number of fused-ring (bicyclic) bond motifs is 1. The summed E-state index contributed by atoms with van der Waals surface area (Å²) in [5.41, 5.74) is 3.17. The molecular formula is C24H30FN5O. The molecule has 164 valence electrons. The van der Waals surface area contributed by atoms with Crippen LogP contribution in [0.3, 0.4) is 0 Å². The second-order valence-corrected chi connectivity index (χ2v) is 8.79. The normalized spacial score (nSPS) is 23.5. The number of H-pyrrole nitrogens is 1. The van der Waals surface area contributed by atoms with Crippen LogP contribution < -0.4 is 4.90 Å². The average Bonchev–Trinajstić information content (AvgIpc) is 3.09. The summed E-state index contributed by atoms with van der Waals surface area (Å²) in [6.45, 7) is 8.18. The van der Waals surface area contributed by atoms with Crippen LogP contribution in [0, 0.1) is 12.7 Å². The highest BCUT2D eigenvalue weighted by atomic mass is 19.1. The molecule has 4 heterocycles. The molecule has 6 nitrogen and oxygen atoms in total. The van der Waals surface area contributed by atoms with Crippen LogP contribution in [0.25, 0.3) is 10.9 Å². The predicted octanol–water partition coefficient (Wildman–Crippen LogP) is 2.77. The number of nitrogens with zero attached hydrogens (tertiary/aromatic N) is 4. The molecule has 0 spiro atoms. The van der Waals surface area contributed by atoms with Crippen molar-refractivity contribution in [1.82, 2.24) is 19.8 Å². The minimum atomic E-state index is -0.364. The summed E-state index contributed by atoms with van der Waals surface area (Å²) in [4.78, 5) is 15.0. The Morgan fingerprint density at radius 1 is 1.13 bits per heavy atom. The molecule has 2 fully saturated rings. The highest BCUT2D eigenvalue weighted by molar-refractivity contribution is 5.84. The van der Waals surface area contributed by atoms with Crippen molar-refractivity contribution in [2.45, 2.75) is 32.0 Å². The number of likely N-dealkylation sites (tertiary alicyclic amines) is 1. The van der Waals surface area contributed by atoms with Crippen LogP contribution in [0.4, 0.5) is 10.2 Å². The van der Waals surface area contributed by atoms with Crippen molar-refractivity contribution >= 4 is 16.7 Å². The average molecular weight is 424 g/mol. The van der Waals surface area contributed by atoms with Crippen molar-refractivity contribution in [2.75, 3.05) is 44.2 Å². The number of benzene rings is 1. The molecule has 2 aromatic heterocycles. The Hall–Kier alpha value is -2.48. The molecule has 0 amide bonds. The van der Waals surface area contributed by atoms with Crippen LogP contribution in [-0.2, 0) is 6.54 Å². The van der Waals surface area contributed by atoms with Gasteiger partial charge in [-0.3, -0.25) is 9.80 Å². The van der Waals surface area contributed by atoms with Gasteiger partial charge in [0.25, 0.3) is 0 Å². The van der Waals surface area contributed by atoms with Gasteiger partial charge >= 0.3 is 0 Å². The third-order valence-corrected chi connectivity index (χ3v) is 6.89. The fourth-order valence-corrected chi connectivity index (χ4v) is 5.11. The first-order chi connectivity index (χ1) is 15.1. The summed E-state index contributed by atoms with van der Waals surface area (Å²) in [6.07, 6.45) is 2.43. The molecule has 1 aromatic carbocycles. The second kappa shape index (κ2) is 8.57. The number of hydrogen-bond donors (Lipinski definition) is 2. The molecule has 0 aliphatic carbocycles. The monoisotopic (exact) mass is 423 g/mol. The molecule has 2 aliphatic heterocycles. The summed E-state index contributed by atoms with van der Waals surface area (Å²) in [5, 5.41) is 11.9. The van der Waals surface area contributed by atoms with Gasteiger partial charge in [0, 0.05) is 74.6 Å². The van der Waals surface area contributed by atoms with Crippen LogP contribution in [-0.4, -0.2) is 76.3 Å². The number of aromatic nitrogens is 2. The van der Waals surface area contributed by atoms with E-state index in [1.165, 1.54) is 6.07 Å². The van der Waals surface area contributed by atoms with E-state index in [0.29, 0.717) is 6.54 Å². The van der Waals surface area contributed by atoms with E-state index in [0.717, 1.165) is 73.7 Å². The van der Waals surface area contributed by atoms with Crippen molar-refractivity contribution in [2.24, 2.45) is 0 Å². The van der Waals surface area contributed by atoms with Crippen molar-refractivity contribution in [3.63, 3.8) is 0 Å². The topological polar surface area (TPSA) is 58.6 Å². The lowest BCUT2D eigenvalue weighted by Crippen LogP contribution is -2.58. The number of piperidine rings is 1. The first-order valence-corrected chi connectivity index (χ1v) is 11.2. The Kier molecular flexibility index (Phi) is 5.65. The molecule has 2 aliphatic rings. The molecule has 0 bridgehead atoms. The van der Waals surface area contributed by atoms with Crippen LogP contribution in [0.5, 0.6) is 0 Å². The molecule has 5 rings (SSSR count). The van der Waals surface area contributed by atoms with E-state index in [1.54, 1.807) is 12.1 Å². The smallest absolute Gasteiger partial charge is 0.128 e. The molecule has 31 heavy (non-hydrogen) atoms. The zero-order chi connectivity index (χ0) is 21.4. The number of β-amino-alcohol motifs (C(OH)–C–C–N with tert-alkyl or cyclic N) is 1. The highest BCUT2D eigenvalue weighted by Crippen LogP contribution is 2.26. The lowest BCUT2D eigenvalue weighted by Gasteiger charge is -2.45. The van der Waals surface area contributed by atoms with E-state index in [-0.39, 0.29) is 18.0 Å². The van der Waals surface area contributed by atoms with Crippen molar-refractivity contribution in [1.29, 1.82) is 0 Å². The number of pyridine rings is 1. The Balaban J connectivity index is 1.18. The number of anilines is 1. The van der Waals surface area contributed by atoms with Crippen LogP contribution in [0.1, 0.15) is 17.7 Å². The van der Waals surface area contributed by atoms with Gasteiger partial charge in [0.15, 0.2) is 0 Å². The van der Waals surface area contributed by atoms with Crippen LogP contribution in [0.2, 0.25) is 0 Å². The fraction of sp³-hybridized carbons (Fsp3) is 0.458. The minimum absolute atomic E-state index is 0.208. The zero-order valence-electron chi connectivity index (χ0n) is 18.0. The zero-order valence-corrected chi connectivity index (χ0v) is 18.0. The summed E-state index contributed by atoms with van der Waals surface area (Å²) in [5.74, 6) is 0.826. The quantitative estimate of drug-likeness (QED) is 0.676. The number of hydrogen-bond acceptors (Lipinski definition) is 5. The van der Waals surface area contributed by atoms with Crippen LogP contribution in [0.15, 0.2) is 42.6 Å². The lowest BCUT2D eigenvalue weighted by molar-refractivity contribution is -0.0175. The molecule has 2 saturated heterocycles. The minimum Gasteiger partial charge on any atom is -0.390 e. The van der Waals surface area contributed by atoms with Gasteiger partial charge in [-0.2, -0.15) is 0 Å². The van der Waals surface area contributed by atoms with Gasteiger partial charge < -0.3 is 15.0 Å². The van der Waals surface area contributed by atoms with Gasteiger partial charge in [-0.1, -0.05) is 6.07 Å². The van der Waals surface area contributed by atoms with Gasteiger partial charge in [-0.15, -0.1) is 0 Å². The van der Waals surface area contributed by atoms with Gasteiger partial charge in [0.05, 0.1) is 6.10 Å². The number of aromatic amines is 1. The number of aliphatic hydroxyl groups excluding tert-OH is 1. The Labute approximate surface area is 182 Å². The van der Waals surface area contributed by atoms with Gasteiger partial charge in [0.2, 0.25) is 0 Å². The molecule has 0 unspecified atom stereocenters. The lowest BCUT2D eigenvalue weighted by atomic mass is 9.98. The maximum Gasteiger partial charge on any atom is 0.128 e. The Bertz CT molecular complexity index is 1030. The molecule has 0 radical (unpaired) electrons. The number of rotatable bonds is 4. The predicted molar refractivity (Wildman–Crippen MR) is 121 cm³/mol. The Morgan fingerprint density at radius 3 is 2.71 bits per heavy atom. The van der Waals surface area contributed by atoms with E-state index in [2.05, 4.69) is 30.7 Å². The largest absolute Gasteiger partial charge is 0.390 e. The molecular weight excluding hydrogens is 393 g/mol. The fourth-order valence-electron chi connectivity index (χ4n) is 5.11. The van der Waals surface area contributed by atoms with E-state index in [9.17, 15) is 9.50 Å². The molecule has 7 heteroatoms. The third kappa shape index (κ3) is 4.18. The van der Waals surface area contributed by atoms with E-state index in [4.69, 9.17) is 0 Å². The summed E-state index contributed by atoms with van der Waals surface area (Å²) >= 11 is 0. The summed E-state index contributed by atoms with van der Waals surface area (Å²) in [7, 11) is 0. The van der Waals surface area contributed by atoms with Crippen LogP contribution >= 0.6 is 0 Å². The number of piperazine rings is 1.